The highest BCUT2D eigenvalue weighted by Crippen LogP contribution is 2.26. The summed E-state index contributed by atoms with van der Waals surface area (Å²) in [5, 5.41) is 10.9. The van der Waals surface area contributed by atoms with Crippen LogP contribution in [0.3, 0.4) is 0 Å². The van der Waals surface area contributed by atoms with Crippen molar-refractivity contribution < 1.29 is 9.84 Å². The Kier molecular flexibility index (Phi) is 5.12. The highest BCUT2D eigenvalue weighted by molar-refractivity contribution is 5.80. The lowest BCUT2D eigenvalue weighted by Gasteiger charge is -2.35. The molecule has 1 fully saturated rings. The first-order chi connectivity index (χ1) is 13.2. The second kappa shape index (κ2) is 7.84. The van der Waals surface area contributed by atoms with E-state index in [1.807, 2.05) is 24.3 Å². The van der Waals surface area contributed by atoms with Gasteiger partial charge in [-0.1, -0.05) is 24.3 Å². The molecule has 27 heavy (non-hydrogen) atoms. The zero-order valence-electron chi connectivity index (χ0n) is 15.6. The van der Waals surface area contributed by atoms with Gasteiger partial charge in [-0.25, -0.2) is 4.98 Å². The number of nitrogens with zero attached hydrogens (tertiary/aromatic N) is 3. The molecule has 4 rings (SSSR count). The standard InChI is InChI=1S/C22H25N3O2/c1-27-21-16-17(6-8-20(21)26)10-11-24-12-14-25(15-13-24)22-9-7-18-4-2-3-5-19(18)23-22/h2-9,16,26H,10-15H2,1H3. The zero-order valence-corrected chi connectivity index (χ0v) is 15.6. The molecule has 140 valence electrons. The van der Waals surface area contributed by atoms with Crippen LogP contribution in [0.2, 0.25) is 0 Å². The van der Waals surface area contributed by atoms with Gasteiger partial charge in [-0.15, -0.1) is 0 Å². The largest absolute Gasteiger partial charge is 0.504 e. The fourth-order valence-electron chi connectivity index (χ4n) is 3.60. The monoisotopic (exact) mass is 363 g/mol. The molecule has 1 aliphatic rings. The number of aromatic hydroxyl groups is 1. The van der Waals surface area contributed by atoms with E-state index in [9.17, 15) is 5.11 Å². The summed E-state index contributed by atoms with van der Waals surface area (Å²) in [6.45, 7) is 5.05. The minimum absolute atomic E-state index is 0.192. The number of pyridine rings is 1. The second-order valence-electron chi connectivity index (χ2n) is 6.95. The smallest absolute Gasteiger partial charge is 0.160 e. The van der Waals surface area contributed by atoms with Crippen LogP contribution in [0, 0.1) is 0 Å². The lowest BCUT2D eigenvalue weighted by Crippen LogP contribution is -2.47. The van der Waals surface area contributed by atoms with Crippen LogP contribution < -0.4 is 9.64 Å². The molecule has 0 atom stereocenters. The molecule has 0 spiro atoms. The molecule has 0 amide bonds. The number of phenolic OH excluding ortho intramolecular Hbond substituents is 1. The number of fused-ring (bicyclic) bond motifs is 1. The number of aromatic nitrogens is 1. The first kappa shape index (κ1) is 17.6. The highest BCUT2D eigenvalue weighted by atomic mass is 16.5. The van der Waals surface area contributed by atoms with Crippen molar-refractivity contribution in [1.29, 1.82) is 0 Å². The minimum atomic E-state index is 0.192. The third-order valence-corrected chi connectivity index (χ3v) is 5.24. The van der Waals surface area contributed by atoms with Gasteiger partial charge in [0, 0.05) is 38.1 Å². The third kappa shape index (κ3) is 3.98. The Morgan fingerprint density at radius 1 is 1.00 bits per heavy atom. The van der Waals surface area contributed by atoms with Crippen molar-refractivity contribution in [3.8, 4) is 11.5 Å². The van der Waals surface area contributed by atoms with E-state index in [2.05, 4.69) is 34.1 Å². The number of piperazine rings is 1. The summed E-state index contributed by atoms with van der Waals surface area (Å²) in [6, 6.07) is 18.1. The number of rotatable bonds is 5. The van der Waals surface area contributed by atoms with Gasteiger partial charge >= 0.3 is 0 Å². The van der Waals surface area contributed by atoms with Crippen LogP contribution in [-0.4, -0.2) is 54.8 Å². The second-order valence-corrected chi connectivity index (χ2v) is 6.95. The summed E-state index contributed by atoms with van der Waals surface area (Å²) < 4.78 is 5.19. The molecular weight excluding hydrogens is 338 g/mol. The summed E-state index contributed by atoms with van der Waals surface area (Å²) in [6.07, 6.45) is 0.949. The Balaban J connectivity index is 1.33. The SMILES string of the molecule is COc1cc(CCN2CCN(c3ccc4ccccc4n3)CC2)ccc1O. The number of para-hydroxylation sites is 1. The maximum Gasteiger partial charge on any atom is 0.160 e. The van der Waals surface area contributed by atoms with Gasteiger partial charge in [0.2, 0.25) is 0 Å². The average molecular weight is 363 g/mol. The van der Waals surface area contributed by atoms with Crippen molar-refractivity contribution in [3.63, 3.8) is 0 Å². The molecule has 0 aliphatic carbocycles. The van der Waals surface area contributed by atoms with Gasteiger partial charge in [-0.05, 0) is 42.3 Å². The quantitative estimate of drug-likeness (QED) is 0.754. The number of methoxy groups -OCH3 is 1. The lowest BCUT2D eigenvalue weighted by atomic mass is 10.1. The van der Waals surface area contributed by atoms with E-state index in [1.54, 1.807) is 13.2 Å². The Morgan fingerprint density at radius 3 is 2.63 bits per heavy atom. The molecule has 3 aromatic rings. The highest BCUT2D eigenvalue weighted by Gasteiger charge is 2.18. The average Bonchev–Trinajstić information content (AvgIpc) is 2.73. The van der Waals surface area contributed by atoms with Crippen LogP contribution in [0.4, 0.5) is 5.82 Å². The molecule has 2 heterocycles. The van der Waals surface area contributed by atoms with Gasteiger partial charge in [0.05, 0.1) is 12.6 Å². The number of hydrogen-bond donors (Lipinski definition) is 1. The zero-order chi connectivity index (χ0) is 18.6. The molecule has 1 saturated heterocycles. The molecule has 0 radical (unpaired) electrons. The number of ether oxygens (including phenoxy) is 1. The molecule has 1 aromatic heterocycles. The maximum absolute atomic E-state index is 9.71. The van der Waals surface area contributed by atoms with Gasteiger partial charge in [0.25, 0.3) is 0 Å². The van der Waals surface area contributed by atoms with Crippen molar-refractivity contribution in [2.24, 2.45) is 0 Å². The number of phenols is 1. The van der Waals surface area contributed by atoms with Crippen LogP contribution in [0.25, 0.3) is 10.9 Å². The maximum atomic E-state index is 9.71. The Morgan fingerprint density at radius 2 is 1.81 bits per heavy atom. The minimum Gasteiger partial charge on any atom is -0.504 e. The topological polar surface area (TPSA) is 48.8 Å². The van der Waals surface area contributed by atoms with E-state index in [4.69, 9.17) is 9.72 Å². The van der Waals surface area contributed by atoms with E-state index in [0.717, 1.165) is 50.5 Å². The van der Waals surface area contributed by atoms with Crippen molar-refractivity contribution >= 4 is 16.7 Å². The molecule has 0 bridgehead atoms. The Hall–Kier alpha value is -2.79. The van der Waals surface area contributed by atoms with Gasteiger partial charge in [0.1, 0.15) is 5.82 Å². The Bertz CT molecular complexity index is 920. The summed E-state index contributed by atoms with van der Waals surface area (Å²) in [5.41, 5.74) is 2.24. The lowest BCUT2D eigenvalue weighted by molar-refractivity contribution is 0.260. The van der Waals surface area contributed by atoms with E-state index in [0.29, 0.717) is 5.75 Å². The van der Waals surface area contributed by atoms with Gasteiger partial charge in [-0.2, -0.15) is 0 Å². The van der Waals surface area contributed by atoms with Crippen molar-refractivity contribution in [2.75, 3.05) is 44.7 Å². The van der Waals surface area contributed by atoms with E-state index in [1.165, 1.54) is 10.9 Å². The third-order valence-electron chi connectivity index (χ3n) is 5.24. The predicted molar refractivity (Wildman–Crippen MR) is 109 cm³/mol. The van der Waals surface area contributed by atoms with Crippen LogP contribution in [0.5, 0.6) is 11.5 Å². The first-order valence-electron chi connectivity index (χ1n) is 9.42. The summed E-state index contributed by atoms with van der Waals surface area (Å²) in [5.74, 6) is 1.80. The summed E-state index contributed by atoms with van der Waals surface area (Å²) >= 11 is 0. The summed E-state index contributed by atoms with van der Waals surface area (Å²) in [7, 11) is 1.58. The predicted octanol–water partition coefficient (Wildman–Crippen LogP) is 3.31. The molecule has 1 aliphatic heterocycles. The molecule has 2 aromatic carbocycles. The van der Waals surface area contributed by atoms with Gasteiger partial charge < -0.3 is 14.7 Å². The number of benzene rings is 2. The van der Waals surface area contributed by atoms with Crippen LogP contribution in [0.15, 0.2) is 54.6 Å². The van der Waals surface area contributed by atoms with E-state index < -0.39 is 0 Å². The molecule has 0 unspecified atom stereocenters. The first-order valence-corrected chi connectivity index (χ1v) is 9.42. The van der Waals surface area contributed by atoms with Crippen LogP contribution in [-0.2, 0) is 6.42 Å². The van der Waals surface area contributed by atoms with E-state index >= 15 is 0 Å². The molecule has 5 nitrogen and oxygen atoms in total. The van der Waals surface area contributed by atoms with Crippen molar-refractivity contribution in [2.45, 2.75) is 6.42 Å². The Labute approximate surface area is 159 Å². The molecule has 5 heteroatoms. The van der Waals surface area contributed by atoms with Crippen LogP contribution >= 0.6 is 0 Å². The fraction of sp³-hybridized carbons (Fsp3) is 0.318. The van der Waals surface area contributed by atoms with Gasteiger partial charge in [0.15, 0.2) is 11.5 Å². The van der Waals surface area contributed by atoms with Gasteiger partial charge in [-0.3, -0.25) is 4.90 Å². The number of hydrogen-bond acceptors (Lipinski definition) is 5. The fourth-order valence-corrected chi connectivity index (χ4v) is 3.60. The molecule has 0 saturated carbocycles. The molecular formula is C22H25N3O2. The number of anilines is 1. The normalized spacial score (nSPS) is 15.2. The van der Waals surface area contributed by atoms with Crippen LogP contribution in [0.1, 0.15) is 5.56 Å². The van der Waals surface area contributed by atoms with Crippen molar-refractivity contribution in [1.82, 2.24) is 9.88 Å². The summed E-state index contributed by atoms with van der Waals surface area (Å²) in [4.78, 5) is 9.67. The van der Waals surface area contributed by atoms with E-state index in [-0.39, 0.29) is 5.75 Å². The van der Waals surface area contributed by atoms with Crippen molar-refractivity contribution in [3.05, 3.63) is 60.2 Å². The molecule has 1 N–H and O–H groups in total.